The van der Waals surface area contributed by atoms with E-state index in [9.17, 15) is 14.3 Å². The lowest BCUT2D eigenvalue weighted by Crippen LogP contribution is -2.37. The summed E-state index contributed by atoms with van der Waals surface area (Å²) in [4.78, 5) is 16.5. The number of methoxy groups -OCH3 is 1. The summed E-state index contributed by atoms with van der Waals surface area (Å²) < 4.78 is 18.5. The Balaban J connectivity index is 1.74. The minimum atomic E-state index is -0.865. The summed E-state index contributed by atoms with van der Waals surface area (Å²) in [5.41, 5.74) is 2.77. The van der Waals surface area contributed by atoms with Crippen molar-refractivity contribution < 1.29 is 19.0 Å². The topological polar surface area (TPSA) is 53.0 Å². The number of ether oxygens (including phenoxy) is 1. The summed E-state index contributed by atoms with van der Waals surface area (Å²) in [5, 5.41) is 9.96. The first kappa shape index (κ1) is 20.3. The van der Waals surface area contributed by atoms with Crippen LogP contribution in [0.15, 0.2) is 42.5 Å². The Labute approximate surface area is 165 Å². The summed E-state index contributed by atoms with van der Waals surface area (Å²) in [6.07, 6.45) is 0.874. The van der Waals surface area contributed by atoms with Crippen LogP contribution in [0, 0.1) is 12.7 Å². The summed E-state index contributed by atoms with van der Waals surface area (Å²) in [6, 6.07) is 11.5. The average molecular weight is 386 g/mol. The first-order chi connectivity index (χ1) is 13.5. The van der Waals surface area contributed by atoms with Crippen molar-refractivity contribution in [1.29, 1.82) is 0 Å². The Morgan fingerprint density at radius 3 is 2.57 bits per heavy atom. The van der Waals surface area contributed by atoms with Gasteiger partial charge in [-0.15, -0.1) is 0 Å². The van der Waals surface area contributed by atoms with E-state index in [1.807, 2.05) is 30.0 Å². The number of hydrogen-bond donors (Lipinski definition) is 1. The van der Waals surface area contributed by atoms with Gasteiger partial charge in [0.15, 0.2) is 0 Å². The summed E-state index contributed by atoms with van der Waals surface area (Å²) >= 11 is 0. The van der Waals surface area contributed by atoms with E-state index in [0.717, 1.165) is 37.2 Å². The van der Waals surface area contributed by atoms with Crippen molar-refractivity contribution in [3.63, 3.8) is 0 Å². The summed E-state index contributed by atoms with van der Waals surface area (Å²) in [5.74, 6) is -0.497. The van der Waals surface area contributed by atoms with Crippen LogP contribution in [0.2, 0.25) is 0 Å². The summed E-state index contributed by atoms with van der Waals surface area (Å²) in [7, 11) is 1.57. The van der Waals surface area contributed by atoms with Crippen LogP contribution >= 0.6 is 0 Å². The molecule has 0 spiro atoms. The number of carbonyl (C=O) groups is 1. The number of nitrogens with zero attached hydrogens (tertiary/aromatic N) is 2. The molecule has 0 aromatic heterocycles. The third kappa shape index (κ3) is 4.88. The van der Waals surface area contributed by atoms with Gasteiger partial charge >= 0.3 is 5.97 Å². The second-order valence-electron chi connectivity index (χ2n) is 7.28. The fourth-order valence-corrected chi connectivity index (χ4v) is 3.81. The lowest BCUT2D eigenvalue weighted by Gasteiger charge is -2.29. The van der Waals surface area contributed by atoms with Crippen molar-refractivity contribution >= 4 is 5.97 Å². The first-order valence-electron chi connectivity index (χ1n) is 9.56. The quantitative estimate of drug-likeness (QED) is 0.824. The normalized spacial score (nSPS) is 17.1. The van der Waals surface area contributed by atoms with E-state index in [4.69, 9.17) is 4.74 Å². The molecule has 0 radical (unpaired) electrons. The molecule has 1 saturated heterocycles. The van der Waals surface area contributed by atoms with Crippen molar-refractivity contribution in [2.75, 3.05) is 33.3 Å². The van der Waals surface area contributed by atoms with Crippen LogP contribution in [0.5, 0.6) is 5.75 Å². The minimum Gasteiger partial charge on any atom is -0.496 e. The monoisotopic (exact) mass is 386 g/mol. The number of carboxylic acids is 1. The van der Waals surface area contributed by atoms with Crippen molar-refractivity contribution in [2.45, 2.75) is 25.9 Å². The minimum absolute atomic E-state index is 0.234. The highest BCUT2D eigenvalue weighted by Gasteiger charge is 2.31. The van der Waals surface area contributed by atoms with E-state index in [2.05, 4.69) is 4.90 Å². The zero-order chi connectivity index (χ0) is 20.1. The molecule has 1 fully saturated rings. The van der Waals surface area contributed by atoms with E-state index in [0.29, 0.717) is 24.4 Å². The molecule has 1 N–H and O–H groups in total. The standard InChI is InChI=1S/C22H27FN2O3/c1-16-4-9-20(28-2)19(14-16)21(22(26)27)25-11-3-10-24(12-13-25)15-17-5-7-18(23)8-6-17/h4-9,14,21H,3,10-13,15H2,1-2H3,(H,26,27)/t21-/m0/s1. The molecular weight excluding hydrogens is 359 g/mol. The van der Waals surface area contributed by atoms with E-state index in [1.54, 1.807) is 19.2 Å². The predicted octanol–water partition coefficient (Wildman–Crippen LogP) is 3.48. The van der Waals surface area contributed by atoms with E-state index in [1.165, 1.54) is 12.1 Å². The Kier molecular flexibility index (Phi) is 6.65. The highest BCUT2D eigenvalue weighted by Crippen LogP contribution is 2.31. The maximum atomic E-state index is 13.1. The van der Waals surface area contributed by atoms with Gasteiger partial charge in [-0.25, -0.2) is 4.39 Å². The van der Waals surface area contributed by atoms with Crippen LogP contribution in [-0.2, 0) is 11.3 Å². The lowest BCUT2D eigenvalue weighted by atomic mass is 10.0. The number of rotatable bonds is 6. The van der Waals surface area contributed by atoms with E-state index < -0.39 is 12.0 Å². The Bertz CT molecular complexity index is 810. The third-order valence-corrected chi connectivity index (χ3v) is 5.22. The molecule has 0 amide bonds. The average Bonchev–Trinajstić information content (AvgIpc) is 2.89. The molecule has 0 bridgehead atoms. The van der Waals surface area contributed by atoms with Gasteiger partial charge in [0.05, 0.1) is 7.11 Å². The molecule has 6 heteroatoms. The largest absolute Gasteiger partial charge is 0.496 e. The van der Waals surface area contributed by atoms with Crippen LogP contribution in [0.3, 0.4) is 0 Å². The molecule has 1 aliphatic heterocycles. The third-order valence-electron chi connectivity index (χ3n) is 5.22. The molecule has 1 atom stereocenters. The zero-order valence-corrected chi connectivity index (χ0v) is 16.4. The Hall–Kier alpha value is -2.44. The number of halogens is 1. The van der Waals surface area contributed by atoms with Gasteiger partial charge in [0, 0.05) is 31.7 Å². The maximum absolute atomic E-state index is 13.1. The molecule has 28 heavy (non-hydrogen) atoms. The number of aliphatic carboxylic acids is 1. The number of benzene rings is 2. The van der Waals surface area contributed by atoms with Gasteiger partial charge in [-0.3, -0.25) is 14.6 Å². The smallest absolute Gasteiger partial charge is 0.325 e. The molecular formula is C22H27FN2O3. The molecule has 1 heterocycles. The molecule has 150 valence electrons. The molecule has 3 rings (SSSR count). The molecule has 5 nitrogen and oxygen atoms in total. The van der Waals surface area contributed by atoms with Gasteiger partial charge in [-0.1, -0.05) is 29.8 Å². The van der Waals surface area contributed by atoms with Crippen LogP contribution in [0.1, 0.15) is 29.2 Å². The molecule has 1 aliphatic rings. The fraction of sp³-hybridized carbons (Fsp3) is 0.409. The lowest BCUT2D eigenvalue weighted by molar-refractivity contribution is -0.143. The van der Waals surface area contributed by atoms with Crippen LogP contribution in [0.25, 0.3) is 0 Å². The SMILES string of the molecule is COc1ccc(C)cc1[C@@H](C(=O)O)N1CCCN(Cc2ccc(F)cc2)CC1. The van der Waals surface area contributed by atoms with E-state index >= 15 is 0 Å². The molecule has 0 aliphatic carbocycles. The van der Waals surface area contributed by atoms with E-state index in [-0.39, 0.29) is 5.82 Å². The number of hydrogen-bond acceptors (Lipinski definition) is 4. The fourth-order valence-electron chi connectivity index (χ4n) is 3.81. The molecule has 2 aromatic rings. The Morgan fingerprint density at radius 1 is 1.14 bits per heavy atom. The first-order valence-corrected chi connectivity index (χ1v) is 9.56. The van der Waals surface area contributed by atoms with Crippen molar-refractivity contribution in [3.8, 4) is 5.75 Å². The van der Waals surface area contributed by atoms with Gasteiger partial charge in [0.2, 0.25) is 0 Å². The Morgan fingerprint density at radius 2 is 1.89 bits per heavy atom. The van der Waals surface area contributed by atoms with Gasteiger partial charge < -0.3 is 9.84 Å². The van der Waals surface area contributed by atoms with Gasteiger partial charge in [-0.05, 0) is 43.7 Å². The van der Waals surface area contributed by atoms with Gasteiger partial charge in [0.25, 0.3) is 0 Å². The van der Waals surface area contributed by atoms with Crippen molar-refractivity contribution in [1.82, 2.24) is 9.80 Å². The second kappa shape index (κ2) is 9.17. The van der Waals surface area contributed by atoms with Crippen molar-refractivity contribution in [2.24, 2.45) is 0 Å². The number of carboxylic acid groups (broad SMARTS) is 1. The predicted molar refractivity (Wildman–Crippen MR) is 106 cm³/mol. The van der Waals surface area contributed by atoms with Crippen LogP contribution in [0.4, 0.5) is 4.39 Å². The van der Waals surface area contributed by atoms with Crippen LogP contribution in [-0.4, -0.2) is 54.2 Å². The van der Waals surface area contributed by atoms with Crippen molar-refractivity contribution in [3.05, 3.63) is 65.0 Å². The van der Waals surface area contributed by atoms with Crippen LogP contribution < -0.4 is 4.74 Å². The van der Waals surface area contributed by atoms with Gasteiger partial charge in [-0.2, -0.15) is 0 Å². The van der Waals surface area contributed by atoms with Gasteiger partial charge in [0.1, 0.15) is 17.6 Å². The number of aryl methyl sites for hydroxylation is 1. The molecule has 0 saturated carbocycles. The maximum Gasteiger partial charge on any atom is 0.325 e. The summed E-state index contributed by atoms with van der Waals surface area (Å²) in [6.45, 7) is 5.68. The molecule has 0 unspecified atom stereocenters. The molecule has 2 aromatic carbocycles. The highest BCUT2D eigenvalue weighted by atomic mass is 19.1. The second-order valence-corrected chi connectivity index (χ2v) is 7.28. The zero-order valence-electron chi connectivity index (χ0n) is 16.4. The highest BCUT2D eigenvalue weighted by molar-refractivity contribution is 5.77.